The van der Waals surface area contributed by atoms with Crippen molar-refractivity contribution in [2.45, 2.75) is 18.9 Å². The number of imidazole rings is 1. The van der Waals surface area contributed by atoms with E-state index in [-0.39, 0.29) is 11.9 Å². The molecule has 1 fully saturated rings. The number of piperidine rings is 1. The molecule has 1 aromatic carbocycles. The summed E-state index contributed by atoms with van der Waals surface area (Å²) in [7, 11) is 1.93. The molecule has 138 valence electrons. The van der Waals surface area contributed by atoms with Crippen LogP contribution in [-0.2, 0) is 7.05 Å². The maximum absolute atomic E-state index is 13.0. The Morgan fingerprint density at radius 1 is 1.19 bits per heavy atom. The van der Waals surface area contributed by atoms with Crippen LogP contribution in [0.2, 0.25) is 0 Å². The van der Waals surface area contributed by atoms with Crippen LogP contribution >= 0.6 is 0 Å². The highest BCUT2D eigenvalue weighted by Gasteiger charge is 2.24. The fourth-order valence-electron chi connectivity index (χ4n) is 3.52. The zero-order chi connectivity index (χ0) is 18.6. The van der Waals surface area contributed by atoms with Gasteiger partial charge in [-0.1, -0.05) is 18.2 Å². The number of aromatic nitrogens is 4. The van der Waals surface area contributed by atoms with E-state index in [4.69, 9.17) is 0 Å². The number of amides is 1. The number of carbonyl (C=O) groups excluding carboxylic acids is 1. The van der Waals surface area contributed by atoms with Crippen molar-refractivity contribution in [2.24, 2.45) is 7.05 Å². The predicted octanol–water partition coefficient (Wildman–Crippen LogP) is 2.28. The number of benzene rings is 1. The van der Waals surface area contributed by atoms with E-state index in [0.717, 1.165) is 43.1 Å². The minimum absolute atomic E-state index is 0.0698. The van der Waals surface area contributed by atoms with Crippen molar-refractivity contribution in [2.75, 3.05) is 18.0 Å². The summed E-state index contributed by atoms with van der Waals surface area (Å²) in [6.07, 6.45) is 10.7. The molecule has 0 spiro atoms. The summed E-state index contributed by atoms with van der Waals surface area (Å²) in [5, 5.41) is 3.19. The monoisotopic (exact) mass is 362 g/mol. The molecule has 0 saturated carbocycles. The Labute approximate surface area is 158 Å². The van der Waals surface area contributed by atoms with Crippen molar-refractivity contribution in [3.63, 3.8) is 0 Å². The number of anilines is 1. The van der Waals surface area contributed by atoms with Gasteiger partial charge in [-0.2, -0.15) is 0 Å². The molecule has 3 heterocycles. The summed E-state index contributed by atoms with van der Waals surface area (Å²) in [5.41, 5.74) is 1.48. The molecule has 1 aliphatic heterocycles. The van der Waals surface area contributed by atoms with Gasteiger partial charge in [0.1, 0.15) is 11.6 Å². The number of rotatable bonds is 4. The maximum Gasteiger partial charge on any atom is 0.252 e. The quantitative estimate of drug-likeness (QED) is 0.771. The van der Waals surface area contributed by atoms with Crippen LogP contribution in [0.15, 0.2) is 55.2 Å². The van der Waals surface area contributed by atoms with Gasteiger partial charge < -0.3 is 14.8 Å². The second-order valence-corrected chi connectivity index (χ2v) is 6.73. The summed E-state index contributed by atoms with van der Waals surface area (Å²) in [6, 6.07) is 7.67. The molecular weight excluding hydrogens is 340 g/mol. The van der Waals surface area contributed by atoms with E-state index in [1.807, 2.05) is 42.1 Å². The largest absolute Gasteiger partial charge is 0.353 e. The molecule has 0 aliphatic carbocycles. The van der Waals surface area contributed by atoms with Crippen molar-refractivity contribution >= 4 is 11.7 Å². The molecule has 1 amide bonds. The van der Waals surface area contributed by atoms with Gasteiger partial charge >= 0.3 is 0 Å². The van der Waals surface area contributed by atoms with E-state index >= 15 is 0 Å². The first-order valence-electron chi connectivity index (χ1n) is 9.11. The second kappa shape index (κ2) is 7.57. The van der Waals surface area contributed by atoms with E-state index < -0.39 is 0 Å². The standard InChI is InChI=1S/C20H22N6O/c1-25-12-10-23-19(25)16-6-2-3-7-17(16)20(27)24-15-5-4-11-26(14-15)18-13-21-8-9-22-18/h2-3,6-10,12-13,15H,4-5,11,14H2,1H3,(H,24,27). The number of carbonyl (C=O) groups is 1. The van der Waals surface area contributed by atoms with E-state index in [9.17, 15) is 4.79 Å². The van der Waals surface area contributed by atoms with Gasteiger partial charge in [-0.15, -0.1) is 0 Å². The third kappa shape index (κ3) is 3.67. The van der Waals surface area contributed by atoms with Crippen molar-refractivity contribution in [3.8, 4) is 11.4 Å². The SMILES string of the molecule is Cn1ccnc1-c1ccccc1C(=O)NC1CCCN(c2cnccn2)C1. The fraction of sp³-hybridized carbons (Fsp3) is 0.300. The number of hydrogen-bond acceptors (Lipinski definition) is 5. The first-order chi connectivity index (χ1) is 13.2. The summed E-state index contributed by atoms with van der Waals surface area (Å²) in [6.45, 7) is 1.66. The van der Waals surface area contributed by atoms with E-state index in [1.54, 1.807) is 24.8 Å². The number of nitrogens with zero attached hydrogens (tertiary/aromatic N) is 5. The Morgan fingerprint density at radius 2 is 2.07 bits per heavy atom. The van der Waals surface area contributed by atoms with Crippen molar-refractivity contribution in [1.82, 2.24) is 24.8 Å². The third-order valence-corrected chi connectivity index (χ3v) is 4.86. The van der Waals surface area contributed by atoms with E-state index in [0.29, 0.717) is 5.56 Å². The Balaban J connectivity index is 1.51. The third-order valence-electron chi connectivity index (χ3n) is 4.86. The Morgan fingerprint density at radius 3 is 2.85 bits per heavy atom. The minimum Gasteiger partial charge on any atom is -0.353 e. The van der Waals surface area contributed by atoms with Crippen LogP contribution in [0.1, 0.15) is 23.2 Å². The predicted molar refractivity (Wildman–Crippen MR) is 103 cm³/mol. The lowest BCUT2D eigenvalue weighted by Crippen LogP contribution is -2.48. The molecule has 1 N–H and O–H groups in total. The second-order valence-electron chi connectivity index (χ2n) is 6.73. The van der Waals surface area contributed by atoms with Gasteiger partial charge in [0.2, 0.25) is 0 Å². The molecule has 1 unspecified atom stereocenters. The van der Waals surface area contributed by atoms with Crippen LogP contribution < -0.4 is 10.2 Å². The van der Waals surface area contributed by atoms with Crippen molar-refractivity contribution in [1.29, 1.82) is 0 Å². The van der Waals surface area contributed by atoms with Gasteiger partial charge in [0.15, 0.2) is 0 Å². The van der Waals surface area contributed by atoms with Gasteiger partial charge in [0.25, 0.3) is 5.91 Å². The van der Waals surface area contributed by atoms with Gasteiger partial charge in [-0.25, -0.2) is 9.97 Å². The molecular formula is C20H22N6O. The molecule has 1 saturated heterocycles. The highest BCUT2D eigenvalue weighted by molar-refractivity contribution is 6.00. The summed E-state index contributed by atoms with van der Waals surface area (Å²) < 4.78 is 1.92. The van der Waals surface area contributed by atoms with Crippen LogP contribution in [0.25, 0.3) is 11.4 Å². The number of hydrogen-bond donors (Lipinski definition) is 1. The first-order valence-corrected chi connectivity index (χ1v) is 9.11. The average molecular weight is 362 g/mol. The van der Waals surface area contributed by atoms with Gasteiger partial charge in [0.05, 0.1) is 11.8 Å². The molecule has 4 rings (SSSR count). The van der Waals surface area contributed by atoms with Crippen molar-refractivity contribution < 1.29 is 4.79 Å². The van der Waals surface area contributed by atoms with Crippen LogP contribution in [0.5, 0.6) is 0 Å². The molecule has 2 aromatic heterocycles. The minimum atomic E-state index is -0.0698. The molecule has 0 bridgehead atoms. The Hall–Kier alpha value is -3.22. The normalized spacial score (nSPS) is 16.9. The highest BCUT2D eigenvalue weighted by Crippen LogP contribution is 2.22. The summed E-state index contributed by atoms with van der Waals surface area (Å²) in [5.74, 6) is 1.56. The smallest absolute Gasteiger partial charge is 0.252 e. The molecule has 7 nitrogen and oxygen atoms in total. The number of nitrogens with one attached hydrogen (secondary N) is 1. The zero-order valence-electron chi connectivity index (χ0n) is 15.2. The maximum atomic E-state index is 13.0. The van der Waals surface area contributed by atoms with Crippen LogP contribution in [-0.4, -0.2) is 44.6 Å². The average Bonchev–Trinajstić information content (AvgIpc) is 3.14. The molecule has 27 heavy (non-hydrogen) atoms. The zero-order valence-corrected chi connectivity index (χ0v) is 15.2. The van der Waals surface area contributed by atoms with E-state index in [2.05, 4.69) is 25.2 Å². The number of aryl methyl sites for hydroxylation is 1. The van der Waals surface area contributed by atoms with Crippen LogP contribution in [0, 0.1) is 0 Å². The summed E-state index contributed by atoms with van der Waals surface area (Å²) in [4.78, 5) is 28.1. The first kappa shape index (κ1) is 17.2. The molecule has 1 atom stereocenters. The van der Waals surface area contributed by atoms with Crippen LogP contribution in [0.3, 0.4) is 0 Å². The lowest BCUT2D eigenvalue weighted by atomic mass is 10.0. The lowest BCUT2D eigenvalue weighted by Gasteiger charge is -2.33. The van der Waals surface area contributed by atoms with Gasteiger partial charge in [-0.05, 0) is 18.9 Å². The van der Waals surface area contributed by atoms with Gasteiger partial charge in [-0.3, -0.25) is 9.78 Å². The highest BCUT2D eigenvalue weighted by atomic mass is 16.1. The molecule has 7 heteroatoms. The molecule has 1 aliphatic rings. The fourth-order valence-corrected chi connectivity index (χ4v) is 3.52. The molecule has 0 radical (unpaired) electrons. The Bertz CT molecular complexity index is 923. The molecule has 3 aromatic rings. The topological polar surface area (TPSA) is 75.9 Å². The van der Waals surface area contributed by atoms with Crippen LogP contribution in [0.4, 0.5) is 5.82 Å². The van der Waals surface area contributed by atoms with E-state index in [1.165, 1.54) is 0 Å². The summed E-state index contributed by atoms with van der Waals surface area (Å²) >= 11 is 0. The van der Waals surface area contributed by atoms with Gasteiger partial charge in [0, 0.05) is 56.5 Å². The van der Waals surface area contributed by atoms with Crippen molar-refractivity contribution in [3.05, 3.63) is 60.8 Å². The Kier molecular flexibility index (Phi) is 4.82. The lowest BCUT2D eigenvalue weighted by molar-refractivity contribution is 0.0933.